The van der Waals surface area contributed by atoms with E-state index in [-0.39, 0.29) is 6.54 Å². The lowest BCUT2D eigenvalue weighted by Crippen LogP contribution is -2.25. The summed E-state index contributed by atoms with van der Waals surface area (Å²) >= 11 is 0. The van der Waals surface area contributed by atoms with Crippen molar-refractivity contribution in [3.05, 3.63) is 82.7 Å². The summed E-state index contributed by atoms with van der Waals surface area (Å²) in [6.45, 7) is 6.48. The van der Waals surface area contributed by atoms with Gasteiger partial charge in [-0.2, -0.15) is 5.10 Å². The summed E-state index contributed by atoms with van der Waals surface area (Å²) in [7, 11) is -3.59. The van der Waals surface area contributed by atoms with Crippen molar-refractivity contribution in [3.63, 3.8) is 0 Å². The number of hydrogen-bond acceptors (Lipinski definition) is 3. The van der Waals surface area contributed by atoms with Gasteiger partial charge in [0.25, 0.3) is 0 Å². The maximum atomic E-state index is 12.9. The van der Waals surface area contributed by atoms with Crippen molar-refractivity contribution in [2.75, 3.05) is 0 Å². The Morgan fingerprint density at radius 3 is 2.27 bits per heavy atom. The quantitative estimate of drug-likeness (QED) is 0.725. The molecule has 3 rings (SSSR count). The smallest absolute Gasteiger partial charge is 0.241 e. The fourth-order valence-corrected chi connectivity index (χ4v) is 4.74. The number of rotatable bonds is 6. The molecule has 0 bridgehead atoms. The van der Waals surface area contributed by atoms with E-state index in [2.05, 4.69) is 9.82 Å². The Labute approximate surface area is 154 Å². The van der Waals surface area contributed by atoms with Crippen molar-refractivity contribution in [3.8, 4) is 0 Å². The van der Waals surface area contributed by atoms with Gasteiger partial charge in [-0.05, 0) is 49.1 Å². The van der Waals surface area contributed by atoms with E-state index in [1.54, 1.807) is 6.20 Å². The molecule has 0 unspecified atom stereocenters. The molecule has 0 saturated carbocycles. The molecule has 0 atom stereocenters. The molecule has 0 saturated heterocycles. The second kappa shape index (κ2) is 7.43. The van der Waals surface area contributed by atoms with Crippen LogP contribution in [0.4, 0.5) is 0 Å². The van der Waals surface area contributed by atoms with Gasteiger partial charge < -0.3 is 0 Å². The van der Waals surface area contributed by atoms with Crippen molar-refractivity contribution in [1.82, 2.24) is 14.5 Å². The summed E-state index contributed by atoms with van der Waals surface area (Å²) in [5, 5.41) is 4.22. The molecule has 0 aliphatic carbocycles. The van der Waals surface area contributed by atoms with Crippen molar-refractivity contribution in [1.29, 1.82) is 0 Å². The van der Waals surface area contributed by atoms with Gasteiger partial charge in [0.2, 0.25) is 10.0 Å². The number of benzene rings is 2. The highest BCUT2D eigenvalue weighted by Gasteiger charge is 2.20. The Morgan fingerprint density at radius 2 is 1.65 bits per heavy atom. The molecule has 1 aromatic heterocycles. The Balaban J connectivity index is 1.83. The van der Waals surface area contributed by atoms with E-state index in [4.69, 9.17) is 0 Å². The second-order valence-electron chi connectivity index (χ2n) is 6.52. The Hall–Kier alpha value is -2.44. The van der Waals surface area contributed by atoms with Crippen LogP contribution in [0.5, 0.6) is 0 Å². The molecule has 5 nitrogen and oxygen atoms in total. The van der Waals surface area contributed by atoms with Crippen molar-refractivity contribution in [2.24, 2.45) is 0 Å². The summed E-state index contributed by atoms with van der Waals surface area (Å²) in [6, 6.07) is 13.5. The molecule has 2 aromatic carbocycles. The monoisotopic (exact) mass is 369 g/mol. The molecular weight excluding hydrogens is 346 g/mol. The van der Waals surface area contributed by atoms with E-state index in [9.17, 15) is 8.42 Å². The van der Waals surface area contributed by atoms with Gasteiger partial charge in [0, 0.05) is 18.9 Å². The van der Waals surface area contributed by atoms with Crippen LogP contribution in [-0.2, 0) is 23.1 Å². The summed E-state index contributed by atoms with van der Waals surface area (Å²) in [6.07, 6.45) is 3.62. The summed E-state index contributed by atoms with van der Waals surface area (Å²) < 4.78 is 30.3. The summed E-state index contributed by atoms with van der Waals surface area (Å²) in [5.41, 5.74) is 4.56. The highest BCUT2D eigenvalue weighted by molar-refractivity contribution is 7.89. The molecule has 6 heteroatoms. The maximum absolute atomic E-state index is 12.9. The average Bonchev–Trinajstić information content (AvgIpc) is 3.06. The Bertz CT molecular complexity index is 986. The molecule has 0 amide bonds. The lowest BCUT2D eigenvalue weighted by atomic mass is 10.1. The largest absolute Gasteiger partial charge is 0.268 e. The standard InChI is InChI=1S/C20H23N3O2S/c1-15-11-16(2)20(17(3)12-15)26(24,25)22-13-18-7-4-5-8-19(18)14-23-10-6-9-21-23/h4-12,22H,13-14H2,1-3H3. The number of nitrogens with zero attached hydrogens (tertiary/aromatic N) is 2. The van der Waals surface area contributed by atoms with Crippen LogP contribution in [0.3, 0.4) is 0 Å². The predicted molar refractivity (Wildman–Crippen MR) is 102 cm³/mol. The van der Waals surface area contributed by atoms with Crippen molar-refractivity contribution in [2.45, 2.75) is 38.8 Å². The van der Waals surface area contributed by atoms with E-state index in [0.717, 1.165) is 27.8 Å². The Kier molecular flexibility index (Phi) is 5.25. The molecule has 3 aromatic rings. The highest BCUT2D eigenvalue weighted by Crippen LogP contribution is 2.22. The number of sulfonamides is 1. The molecule has 0 fully saturated rings. The first kappa shape index (κ1) is 18.4. The van der Waals surface area contributed by atoms with Crippen LogP contribution in [0.2, 0.25) is 0 Å². The minimum atomic E-state index is -3.59. The number of nitrogens with one attached hydrogen (secondary N) is 1. The van der Waals surface area contributed by atoms with Crippen LogP contribution in [0.1, 0.15) is 27.8 Å². The molecule has 0 aliphatic rings. The average molecular weight is 369 g/mol. The summed E-state index contributed by atoms with van der Waals surface area (Å²) in [4.78, 5) is 0.368. The lowest BCUT2D eigenvalue weighted by molar-refractivity contribution is 0.579. The maximum Gasteiger partial charge on any atom is 0.241 e. The molecule has 0 spiro atoms. The number of aromatic nitrogens is 2. The number of hydrogen-bond donors (Lipinski definition) is 1. The van der Waals surface area contributed by atoms with Gasteiger partial charge in [0.1, 0.15) is 0 Å². The van der Waals surface area contributed by atoms with E-state index >= 15 is 0 Å². The minimum absolute atomic E-state index is 0.243. The molecular formula is C20H23N3O2S. The van der Waals surface area contributed by atoms with Crippen LogP contribution >= 0.6 is 0 Å². The van der Waals surface area contributed by atoms with Gasteiger partial charge in [-0.15, -0.1) is 0 Å². The van der Waals surface area contributed by atoms with Crippen molar-refractivity contribution < 1.29 is 8.42 Å². The minimum Gasteiger partial charge on any atom is -0.268 e. The number of aryl methyl sites for hydroxylation is 3. The van der Waals surface area contributed by atoms with Crippen LogP contribution in [0, 0.1) is 20.8 Å². The SMILES string of the molecule is Cc1cc(C)c(S(=O)(=O)NCc2ccccc2Cn2cccn2)c(C)c1. The van der Waals surface area contributed by atoms with Crippen LogP contribution in [-0.4, -0.2) is 18.2 Å². The first-order valence-corrected chi connectivity index (χ1v) is 9.97. The van der Waals surface area contributed by atoms with E-state index in [0.29, 0.717) is 11.4 Å². The normalized spacial score (nSPS) is 11.7. The highest BCUT2D eigenvalue weighted by atomic mass is 32.2. The van der Waals surface area contributed by atoms with Gasteiger partial charge in [0.15, 0.2) is 0 Å². The predicted octanol–water partition coefficient (Wildman–Crippen LogP) is 3.34. The van der Waals surface area contributed by atoms with Gasteiger partial charge >= 0.3 is 0 Å². The van der Waals surface area contributed by atoms with E-state index in [1.807, 2.05) is 74.1 Å². The van der Waals surface area contributed by atoms with Crippen LogP contribution < -0.4 is 4.72 Å². The van der Waals surface area contributed by atoms with E-state index in [1.165, 1.54) is 0 Å². The first-order chi connectivity index (χ1) is 12.4. The van der Waals surface area contributed by atoms with E-state index < -0.39 is 10.0 Å². The van der Waals surface area contributed by atoms with Gasteiger partial charge in [-0.1, -0.05) is 42.0 Å². The zero-order valence-electron chi connectivity index (χ0n) is 15.2. The fraction of sp³-hybridized carbons (Fsp3) is 0.250. The van der Waals surface area contributed by atoms with Gasteiger partial charge in [-0.25, -0.2) is 13.1 Å². The topological polar surface area (TPSA) is 64.0 Å². The third kappa shape index (κ3) is 4.03. The molecule has 26 heavy (non-hydrogen) atoms. The zero-order valence-corrected chi connectivity index (χ0v) is 16.0. The molecule has 0 aliphatic heterocycles. The molecule has 1 heterocycles. The first-order valence-electron chi connectivity index (χ1n) is 8.48. The molecule has 0 radical (unpaired) electrons. The van der Waals surface area contributed by atoms with Crippen molar-refractivity contribution >= 4 is 10.0 Å². The van der Waals surface area contributed by atoms with Gasteiger partial charge in [-0.3, -0.25) is 4.68 Å². The molecule has 136 valence electrons. The third-order valence-electron chi connectivity index (χ3n) is 4.34. The van der Waals surface area contributed by atoms with Gasteiger partial charge in [0.05, 0.1) is 11.4 Å². The van der Waals surface area contributed by atoms with Crippen LogP contribution in [0.15, 0.2) is 59.8 Å². The zero-order chi connectivity index (χ0) is 18.7. The second-order valence-corrected chi connectivity index (χ2v) is 8.23. The Morgan fingerprint density at radius 1 is 1.00 bits per heavy atom. The summed E-state index contributed by atoms with van der Waals surface area (Å²) in [5.74, 6) is 0. The fourth-order valence-electron chi connectivity index (χ4n) is 3.29. The lowest BCUT2D eigenvalue weighted by Gasteiger charge is -2.15. The van der Waals surface area contributed by atoms with Crippen LogP contribution in [0.25, 0.3) is 0 Å². The molecule has 1 N–H and O–H groups in total. The third-order valence-corrected chi connectivity index (χ3v) is 6.04.